The fourth-order valence-corrected chi connectivity index (χ4v) is 2.54. The lowest BCUT2D eigenvalue weighted by atomic mass is 9.96. The number of aromatic carboxylic acids is 1. The van der Waals surface area contributed by atoms with Gasteiger partial charge in [-0.1, -0.05) is 23.7 Å². The molecule has 1 aromatic carbocycles. The van der Waals surface area contributed by atoms with Crippen LogP contribution in [0.15, 0.2) is 36.7 Å². The van der Waals surface area contributed by atoms with E-state index in [1.165, 1.54) is 6.20 Å². The summed E-state index contributed by atoms with van der Waals surface area (Å²) in [7, 11) is 0. The van der Waals surface area contributed by atoms with E-state index in [9.17, 15) is 9.59 Å². The number of aromatic nitrogens is 2. The van der Waals surface area contributed by atoms with Gasteiger partial charge in [-0.15, -0.1) is 0 Å². The van der Waals surface area contributed by atoms with Gasteiger partial charge in [0.1, 0.15) is 5.69 Å². The van der Waals surface area contributed by atoms with Crippen LogP contribution >= 0.6 is 11.6 Å². The Morgan fingerprint density at radius 2 is 1.74 bits per heavy atom. The minimum atomic E-state index is -1.18. The van der Waals surface area contributed by atoms with E-state index < -0.39 is 5.97 Å². The van der Waals surface area contributed by atoms with Gasteiger partial charge in [0.05, 0.1) is 12.4 Å². The van der Waals surface area contributed by atoms with E-state index in [0.29, 0.717) is 11.6 Å². The second-order valence-electron chi connectivity index (χ2n) is 5.56. The number of amides is 1. The first kappa shape index (κ1) is 15.4. The SMILES string of the molecule is O=C(O)c1cnc(C(=O)NCC2(c3ccc(Cl)cc3)CC2)cn1. The van der Waals surface area contributed by atoms with Crippen LogP contribution in [-0.2, 0) is 5.41 Å². The first-order chi connectivity index (χ1) is 11.0. The van der Waals surface area contributed by atoms with Gasteiger partial charge in [0.25, 0.3) is 5.91 Å². The highest BCUT2D eigenvalue weighted by Gasteiger charge is 2.44. The van der Waals surface area contributed by atoms with Gasteiger partial charge in [-0.3, -0.25) is 4.79 Å². The van der Waals surface area contributed by atoms with E-state index in [0.717, 1.165) is 24.6 Å². The highest BCUT2D eigenvalue weighted by Crippen LogP contribution is 2.47. The molecule has 0 atom stereocenters. The fourth-order valence-electron chi connectivity index (χ4n) is 2.42. The highest BCUT2D eigenvalue weighted by atomic mass is 35.5. The van der Waals surface area contributed by atoms with E-state index in [1.54, 1.807) is 0 Å². The lowest BCUT2D eigenvalue weighted by Crippen LogP contribution is -2.32. The molecular formula is C16H14ClN3O3. The number of rotatable bonds is 5. The number of nitrogens with one attached hydrogen (secondary N) is 1. The minimum absolute atomic E-state index is 0.0469. The van der Waals surface area contributed by atoms with Gasteiger partial charge in [0, 0.05) is 17.0 Å². The summed E-state index contributed by atoms with van der Waals surface area (Å²) in [6.45, 7) is 0.496. The van der Waals surface area contributed by atoms with Crippen LogP contribution in [0.3, 0.4) is 0 Å². The van der Waals surface area contributed by atoms with Crippen molar-refractivity contribution in [3.8, 4) is 0 Å². The van der Waals surface area contributed by atoms with Gasteiger partial charge in [-0.2, -0.15) is 0 Å². The van der Waals surface area contributed by atoms with Crippen LogP contribution in [0.5, 0.6) is 0 Å². The molecule has 1 aliphatic carbocycles. The summed E-state index contributed by atoms with van der Waals surface area (Å²) in [5, 5.41) is 12.3. The number of carboxylic acids is 1. The monoisotopic (exact) mass is 331 g/mol. The second kappa shape index (κ2) is 5.96. The first-order valence-corrected chi connectivity index (χ1v) is 7.48. The normalized spacial score (nSPS) is 15.0. The number of carboxylic acid groups (broad SMARTS) is 1. The van der Waals surface area contributed by atoms with Crippen molar-refractivity contribution >= 4 is 23.5 Å². The lowest BCUT2D eigenvalue weighted by Gasteiger charge is -2.16. The Labute approximate surface area is 137 Å². The van der Waals surface area contributed by atoms with Crippen molar-refractivity contribution in [2.75, 3.05) is 6.54 Å². The van der Waals surface area contributed by atoms with Crippen LogP contribution < -0.4 is 5.32 Å². The summed E-state index contributed by atoms with van der Waals surface area (Å²) in [5.41, 5.74) is 1.01. The largest absolute Gasteiger partial charge is 0.476 e. The molecule has 0 unspecified atom stereocenters. The molecule has 1 aliphatic rings. The molecule has 1 fully saturated rings. The average molecular weight is 332 g/mol. The van der Waals surface area contributed by atoms with E-state index in [4.69, 9.17) is 16.7 Å². The number of carbonyl (C=O) groups is 2. The zero-order chi connectivity index (χ0) is 16.4. The molecule has 1 amide bonds. The molecule has 0 bridgehead atoms. The van der Waals surface area contributed by atoms with Crippen LogP contribution in [-0.4, -0.2) is 33.5 Å². The third-order valence-electron chi connectivity index (χ3n) is 4.00. The van der Waals surface area contributed by atoms with Crippen molar-refractivity contribution < 1.29 is 14.7 Å². The number of nitrogens with zero attached hydrogens (tertiary/aromatic N) is 2. The summed E-state index contributed by atoms with van der Waals surface area (Å²) in [5.74, 6) is -1.54. The van der Waals surface area contributed by atoms with Crippen molar-refractivity contribution in [2.24, 2.45) is 0 Å². The molecule has 3 rings (SSSR count). The molecule has 0 saturated heterocycles. The van der Waals surface area contributed by atoms with Crippen LogP contribution in [0.4, 0.5) is 0 Å². The molecule has 23 heavy (non-hydrogen) atoms. The third-order valence-corrected chi connectivity index (χ3v) is 4.25. The molecule has 1 heterocycles. The molecule has 0 radical (unpaired) electrons. The molecule has 7 heteroatoms. The zero-order valence-corrected chi connectivity index (χ0v) is 12.9. The lowest BCUT2D eigenvalue weighted by molar-refractivity contribution is 0.0689. The van der Waals surface area contributed by atoms with Crippen LogP contribution in [0, 0.1) is 0 Å². The quantitative estimate of drug-likeness (QED) is 0.877. The molecule has 0 aliphatic heterocycles. The first-order valence-electron chi connectivity index (χ1n) is 7.10. The minimum Gasteiger partial charge on any atom is -0.476 e. The molecular weight excluding hydrogens is 318 g/mol. The van der Waals surface area contributed by atoms with Crippen molar-refractivity contribution in [1.82, 2.24) is 15.3 Å². The summed E-state index contributed by atoms with van der Waals surface area (Å²) in [4.78, 5) is 30.3. The van der Waals surface area contributed by atoms with E-state index >= 15 is 0 Å². The summed E-state index contributed by atoms with van der Waals surface area (Å²) < 4.78 is 0. The van der Waals surface area contributed by atoms with E-state index in [-0.39, 0.29) is 22.7 Å². The molecule has 118 valence electrons. The number of benzene rings is 1. The predicted octanol–water partition coefficient (Wildman–Crippen LogP) is 2.29. The van der Waals surface area contributed by atoms with Crippen LogP contribution in [0.1, 0.15) is 39.4 Å². The smallest absolute Gasteiger partial charge is 0.356 e. The zero-order valence-electron chi connectivity index (χ0n) is 12.1. The maximum absolute atomic E-state index is 12.1. The van der Waals surface area contributed by atoms with Crippen molar-refractivity contribution in [2.45, 2.75) is 18.3 Å². The number of halogens is 1. The number of hydrogen-bond donors (Lipinski definition) is 2. The molecule has 1 aromatic heterocycles. The Bertz CT molecular complexity index is 740. The van der Waals surface area contributed by atoms with E-state index in [1.807, 2.05) is 24.3 Å². The van der Waals surface area contributed by atoms with Gasteiger partial charge in [0.15, 0.2) is 5.69 Å². The Morgan fingerprint density at radius 3 is 2.26 bits per heavy atom. The second-order valence-corrected chi connectivity index (χ2v) is 6.00. The van der Waals surface area contributed by atoms with Gasteiger partial charge in [-0.05, 0) is 30.5 Å². The molecule has 6 nitrogen and oxygen atoms in total. The third kappa shape index (κ3) is 3.32. The van der Waals surface area contributed by atoms with Gasteiger partial charge < -0.3 is 10.4 Å². The van der Waals surface area contributed by atoms with E-state index in [2.05, 4.69) is 15.3 Å². The summed E-state index contributed by atoms with van der Waals surface area (Å²) >= 11 is 5.90. The van der Waals surface area contributed by atoms with Gasteiger partial charge in [0.2, 0.25) is 0 Å². The Kier molecular flexibility index (Phi) is 4.00. The fraction of sp³-hybridized carbons (Fsp3) is 0.250. The van der Waals surface area contributed by atoms with Gasteiger partial charge >= 0.3 is 5.97 Å². The molecule has 2 aromatic rings. The average Bonchev–Trinajstić information content (AvgIpc) is 3.34. The number of hydrogen-bond acceptors (Lipinski definition) is 4. The maximum atomic E-state index is 12.1. The topological polar surface area (TPSA) is 92.2 Å². The summed E-state index contributed by atoms with van der Waals surface area (Å²) in [6.07, 6.45) is 4.24. The predicted molar refractivity (Wildman–Crippen MR) is 83.7 cm³/mol. The maximum Gasteiger partial charge on any atom is 0.356 e. The van der Waals surface area contributed by atoms with Crippen molar-refractivity contribution in [1.29, 1.82) is 0 Å². The van der Waals surface area contributed by atoms with Crippen molar-refractivity contribution in [3.63, 3.8) is 0 Å². The Morgan fingerprint density at radius 1 is 1.13 bits per heavy atom. The molecule has 0 spiro atoms. The van der Waals surface area contributed by atoms with Crippen molar-refractivity contribution in [3.05, 3.63) is 58.6 Å². The van der Waals surface area contributed by atoms with Crippen LogP contribution in [0.2, 0.25) is 5.02 Å². The number of carbonyl (C=O) groups excluding carboxylic acids is 1. The van der Waals surface area contributed by atoms with Gasteiger partial charge in [-0.25, -0.2) is 14.8 Å². The Hall–Kier alpha value is -2.47. The highest BCUT2D eigenvalue weighted by molar-refractivity contribution is 6.30. The standard InChI is InChI=1S/C16H14ClN3O3/c17-11-3-1-10(2-4-11)16(5-6-16)9-20-14(21)12-7-19-13(8-18-12)15(22)23/h1-4,7-8H,5-6,9H2,(H,20,21)(H,22,23). The molecule has 1 saturated carbocycles. The summed E-state index contributed by atoms with van der Waals surface area (Å²) in [6, 6.07) is 7.63. The Balaban J connectivity index is 1.64. The molecule has 2 N–H and O–H groups in total. The van der Waals surface area contributed by atoms with Crippen LogP contribution in [0.25, 0.3) is 0 Å².